The molecule has 0 spiro atoms. The SMILES string of the molecule is CCOc1ccc(S(=O)(=O)NCc2cn[nH]c2)cc1CO. The molecule has 7 nitrogen and oxygen atoms in total. The Kier molecular flexibility index (Phi) is 4.94. The van der Waals surface area contributed by atoms with Gasteiger partial charge in [0.15, 0.2) is 0 Å². The van der Waals surface area contributed by atoms with Gasteiger partial charge in [0.25, 0.3) is 0 Å². The Hall–Kier alpha value is -1.90. The van der Waals surface area contributed by atoms with E-state index in [2.05, 4.69) is 14.9 Å². The van der Waals surface area contributed by atoms with Crippen LogP contribution in [-0.4, -0.2) is 30.3 Å². The molecule has 0 aliphatic rings. The Morgan fingerprint density at radius 1 is 1.43 bits per heavy atom. The molecular weight excluding hydrogens is 294 g/mol. The maximum atomic E-state index is 12.2. The zero-order chi connectivity index (χ0) is 15.3. The van der Waals surface area contributed by atoms with E-state index in [0.29, 0.717) is 17.9 Å². The van der Waals surface area contributed by atoms with Crippen LogP contribution in [0.2, 0.25) is 0 Å². The summed E-state index contributed by atoms with van der Waals surface area (Å²) >= 11 is 0. The lowest BCUT2D eigenvalue weighted by molar-refractivity contribution is 0.266. The molecule has 0 aliphatic carbocycles. The fourth-order valence-electron chi connectivity index (χ4n) is 1.78. The zero-order valence-corrected chi connectivity index (χ0v) is 12.4. The molecule has 2 rings (SSSR count). The number of ether oxygens (including phenoxy) is 1. The van der Waals surface area contributed by atoms with E-state index < -0.39 is 10.0 Å². The number of aromatic amines is 1. The molecule has 21 heavy (non-hydrogen) atoms. The number of aliphatic hydroxyl groups excluding tert-OH is 1. The number of rotatable bonds is 7. The smallest absolute Gasteiger partial charge is 0.240 e. The maximum Gasteiger partial charge on any atom is 0.240 e. The number of nitrogens with zero attached hydrogens (tertiary/aromatic N) is 1. The van der Waals surface area contributed by atoms with Crippen molar-refractivity contribution in [3.05, 3.63) is 41.7 Å². The predicted molar refractivity (Wildman–Crippen MR) is 76.1 cm³/mol. The fraction of sp³-hybridized carbons (Fsp3) is 0.308. The monoisotopic (exact) mass is 311 g/mol. The summed E-state index contributed by atoms with van der Waals surface area (Å²) in [7, 11) is -3.66. The van der Waals surface area contributed by atoms with E-state index >= 15 is 0 Å². The number of hydrogen-bond donors (Lipinski definition) is 3. The highest BCUT2D eigenvalue weighted by Crippen LogP contribution is 2.22. The summed E-state index contributed by atoms with van der Waals surface area (Å²) in [4.78, 5) is 0.0819. The molecular formula is C13H17N3O4S. The minimum Gasteiger partial charge on any atom is -0.494 e. The highest BCUT2D eigenvalue weighted by molar-refractivity contribution is 7.89. The quantitative estimate of drug-likeness (QED) is 0.701. The van der Waals surface area contributed by atoms with Crippen LogP contribution >= 0.6 is 0 Å². The van der Waals surface area contributed by atoms with Gasteiger partial charge in [-0.05, 0) is 25.1 Å². The topological polar surface area (TPSA) is 104 Å². The lowest BCUT2D eigenvalue weighted by Crippen LogP contribution is -2.23. The molecule has 0 saturated heterocycles. The number of nitrogens with one attached hydrogen (secondary N) is 2. The summed E-state index contributed by atoms with van der Waals surface area (Å²) in [5.41, 5.74) is 1.16. The predicted octanol–water partition coefficient (Wildman–Crippen LogP) is 0.779. The second-order valence-electron chi connectivity index (χ2n) is 4.29. The number of hydrogen-bond acceptors (Lipinski definition) is 5. The van der Waals surface area contributed by atoms with Crippen molar-refractivity contribution in [2.24, 2.45) is 0 Å². The second kappa shape index (κ2) is 6.70. The molecule has 0 bridgehead atoms. The molecule has 0 aliphatic heterocycles. The first kappa shape index (κ1) is 15.5. The summed E-state index contributed by atoms with van der Waals surface area (Å²) in [6, 6.07) is 4.39. The Balaban J connectivity index is 2.19. The van der Waals surface area contributed by atoms with Gasteiger partial charge in [-0.25, -0.2) is 13.1 Å². The van der Waals surface area contributed by atoms with E-state index in [-0.39, 0.29) is 18.0 Å². The number of H-pyrrole nitrogens is 1. The molecule has 8 heteroatoms. The molecule has 1 aromatic carbocycles. The molecule has 2 aromatic rings. The van der Waals surface area contributed by atoms with Gasteiger partial charge >= 0.3 is 0 Å². The van der Waals surface area contributed by atoms with Gasteiger partial charge in [-0.3, -0.25) is 5.10 Å². The van der Waals surface area contributed by atoms with Gasteiger partial charge in [0.2, 0.25) is 10.0 Å². The Morgan fingerprint density at radius 2 is 2.24 bits per heavy atom. The standard InChI is InChI=1S/C13H17N3O4S/c1-2-20-13-4-3-12(5-11(13)9-17)21(18,19)16-8-10-6-14-15-7-10/h3-7,16-17H,2,8-9H2,1H3,(H,14,15). The first-order valence-electron chi connectivity index (χ1n) is 6.40. The van der Waals surface area contributed by atoms with Crippen LogP contribution in [0.1, 0.15) is 18.1 Å². The summed E-state index contributed by atoms with van der Waals surface area (Å²) in [5.74, 6) is 0.480. The van der Waals surface area contributed by atoms with Crippen LogP contribution in [0.25, 0.3) is 0 Å². The molecule has 0 radical (unpaired) electrons. The zero-order valence-electron chi connectivity index (χ0n) is 11.5. The lowest BCUT2D eigenvalue weighted by Gasteiger charge is -2.11. The summed E-state index contributed by atoms with van der Waals surface area (Å²) in [6.45, 7) is 2.11. The van der Waals surface area contributed by atoms with Crippen molar-refractivity contribution in [1.82, 2.24) is 14.9 Å². The van der Waals surface area contributed by atoms with E-state index in [4.69, 9.17) is 4.74 Å². The number of benzene rings is 1. The molecule has 0 atom stereocenters. The Labute approximate surface area is 123 Å². The van der Waals surface area contributed by atoms with Crippen molar-refractivity contribution in [2.75, 3.05) is 6.61 Å². The minimum absolute atomic E-state index is 0.0819. The van der Waals surface area contributed by atoms with E-state index in [1.807, 2.05) is 6.92 Å². The van der Waals surface area contributed by atoms with Gasteiger partial charge in [0.1, 0.15) is 5.75 Å². The Bertz CT molecular complexity index is 683. The summed E-state index contributed by atoms with van der Waals surface area (Å²) in [6.07, 6.45) is 3.15. The van der Waals surface area contributed by atoms with Crippen LogP contribution in [0.4, 0.5) is 0 Å². The average Bonchev–Trinajstić information content (AvgIpc) is 2.99. The molecule has 0 saturated carbocycles. The molecule has 0 amide bonds. The van der Waals surface area contributed by atoms with Crippen LogP contribution in [0.5, 0.6) is 5.75 Å². The average molecular weight is 311 g/mol. The number of aliphatic hydroxyl groups is 1. The van der Waals surface area contributed by atoms with Gasteiger partial charge in [0.05, 0.1) is 24.3 Å². The van der Waals surface area contributed by atoms with E-state index in [9.17, 15) is 13.5 Å². The molecule has 114 valence electrons. The van der Waals surface area contributed by atoms with Crippen molar-refractivity contribution in [3.63, 3.8) is 0 Å². The van der Waals surface area contributed by atoms with Crippen molar-refractivity contribution in [3.8, 4) is 5.75 Å². The third-order valence-corrected chi connectivity index (χ3v) is 4.23. The van der Waals surface area contributed by atoms with Crippen molar-refractivity contribution in [1.29, 1.82) is 0 Å². The van der Waals surface area contributed by atoms with E-state index in [0.717, 1.165) is 5.56 Å². The van der Waals surface area contributed by atoms with Crippen molar-refractivity contribution >= 4 is 10.0 Å². The second-order valence-corrected chi connectivity index (χ2v) is 6.06. The Morgan fingerprint density at radius 3 is 2.86 bits per heavy atom. The third-order valence-electron chi connectivity index (χ3n) is 2.83. The van der Waals surface area contributed by atoms with E-state index in [1.54, 1.807) is 18.5 Å². The van der Waals surface area contributed by atoms with Gasteiger partial charge in [0, 0.05) is 23.9 Å². The van der Waals surface area contributed by atoms with Crippen molar-refractivity contribution < 1.29 is 18.3 Å². The van der Waals surface area contributed by atoms with Gasteiger partial charge in [-0.15, -0.1) is 0 Å². The molecule has 1 heterocycles. The van der Waals surface area contributed by atoms with Crippen LogP contribution in [-0.2, 0) is 23.2 Å². The summed E-state index contributed by atoms with van der Waals surface area (Å²) < 4.78 is 32.2. The molecule has 3 N–H and O–H groups in total. The first-order valence-corrected chi connectivity index (χ1v) is 7.89. The van der Waals surface area contributed by atoms with Crippen LogP contribution in [0.15, 0.2) is 35.5 Å². The summed E-state index contributed by atoms with van der Waals surface area (Å²) in [5, 5.41) is 15.7. The van der Waals surface area contributed by atoms with Gasteiger partial charge in [-0.1, -0.05) is 0 Å². The lowest BCUT2D eigenvalue weighted by atomic mass is 10.2. The highest BCUT2D eigenvalue weighted by atomic mass is 32.2. The van der Waals surface area contributed by atoms with E-state index in [1.165, 1.54) is 12.1 Å². The number of sulfonamides is 1. The largest absolute Gasteiger partial charge is 0.494 e. The minimum atomic E-state index is -3.66. The third kappa shape index (κ3) is 3.81. The van der Waals surface area contributed by atoms with Gasteiger partial charge < -0.3 is 9.84 Å². The molecule has 0 unspecified atom stereocenters. The van der Waals surface area contributed by atoms with Crippen LogP contribution in [0, 0.1) is 0 Å². The van der Waals surface area contributed by atoms with Crippen LogP contribution in [0.3, 0.4) is 0 Å². The molecule has 0 fully saturated rings. The van der Waals surface area contributed by atoms with Gasteiger partial charge in [-0.2, -0.15) is 5.10 Å². The van der Waals surface area contributed by atoms with Crippen molar-refractivity contribution in [2.45, 2.75) is 25.0 Å². The maximum absolute atomic E-state index is 12.2. The molecule has 1 aromatic heterocycles. The fourth-order valence-corrected chi connectivity index (χ4v) is 2.85. The normalized spacial score (nSPS) is 11.5. The first-order chi connectivity index (χ1) is 10.1. The number of aromatic nitrogens is 2. The van der Waals surface area contributed by atoms with Crippen LogP contribution < -0.4 is 9.46 Å². The highest BCUT2D eigenvalue weighted by Gasteiger charge is 2.16.